The molecule has 0 saturated carbocycles. The molecule has 0 fully saturated rings. The van der Waals surface area contributed by atoms with Gasteiger partial charge in [-0.1, -0.05) is 29.8 Å². The van der Waals surface area contributed by atoms with E-state index in [0.717, 1.165) is 19.0 Å². The summed E-state index contributed by atoms with van der Waals surface area (Å²) in [4.78, 5) is 6.46. The topological polar surface area (TPSA) is 39.7 Å². The van der Waals surface area contributed by atoms with Gasteiger partial charge in [0.25, 0.3) is 0 Å². The van der Waals surface area contributed by atoms with Crippen molar-refractivity contribution in [1.82, 2.24) is 15.5 Å². The minimum Gasteiger partial charge on any atom is -0.355 e. The number of rotatable bonds is 5. The van der Waals surface area contributed by atoms with Crippen LogP contribution in [0.15, 0.2) is 29.3 Å². The summed E-state index contributed by atoms with van der Waals surface area (Å²) in [5, 5.41) is 6.71. The molecule has 0 aliphatic carbocycles. The molecule has 5 heteroatoms. The fourth-order valence-electron chi connectivity index (χ4n) is 1.57. The SMILES string of the molecule is CN=C(NCc1ccc(C)cc1)NCC(C)(C)N(C)C.I. The largest absolute Gasteiger partial charge is 0.355 e. The maximum atomic E-state index is 4.26. The summed E-state index contributed by atoms with van der Waals surface area (Å²) in [6.07, 6.45) is 0. The van der Waals surface area contributed by atoms with Crippen LogP contribution in [0.5, 0.6) is 0 Å². The van der Waals surface area contributed by atoms with E-state index in [9.17, 15) is 0 Å². The van der Waals surface area contributed by atoms with Crippen LogP contribution < -0.4 is 10.6 Å². The highest BCUT2D eigenvalue weighted by Crippen LogP contribution is 2.07. The third-order valence-electron chi connectivity index (χ3n) is 3.70. The van der Waals surface area contributed by atoms with Gasteiger partial charge in [0.05, 0.1) is 0 Å². The standard InChI is InChI=1S/C16H28N4.HI/c1-13-7-9-14(10-8-13)11-18-15(17-4)19-12-16(2,3)20(5)6;/h7-10H,11-12H2,1-6H3,(H2,17,18,19);1H. The van der Waals surface area contributed by atoms with Gasteiger partial charge >= 0.3 is 0 Å². The molecular weight excluding hydrogens is 375 g/mol. The number of benzene rings is 1. The summed E-state index contributed by atoms with van der Waals surface area (Å²) in [5.74, 6) is 0.834. The highest BCUT2D eigenvalue weighted by atomic mass is 127. The van der Waals surface area contributed by atoms with E-state index in [-0.39, 0.29) is 29.5 Å². The van der Waals surface area contributed by atoms with Crippen molar-refractivity contribution in [2.75, 3.05) is 27.7 Å². The summed E-state index contributed by atoms with van der Waals surface area (Å²) in [6.45, 7) is 8.12. The smallest absolute Gasteiger partial charge is 0.191 e. The zero-order chi connectivity index (χ0) is 15.2. The molecule has 0 saturated heterocycles. The summed E-state index contributed by atoms with van der Waals surface area (Å²) in [5.41, 5.74) is 2.62. The van der Waals surface area contributed by atoms with Crippen LogP contribution in [0.1, 0.15) is 25.0 Å². The Kier molecular flexibility index (Phi) is 8.89. The predicted molar refractivity (Wildman–Crippen MR) is 103 cm³/mol. The van der Waals surface area contributed by atoms with Crippen molar-refractivity contribution in [3.63, 3.8) is 0 Å². The second-order valence-electron chi connectivity index (χ2n) is 5.97. The van der Waals surface area contributed by atoms with Gasteiger partial charge < -0.3 is 15.5 Å². The number of likely N-dealkylation sites (N-methyl/N-ethyl adjacent to an activating group) is 1. The number of aryl methyl sites for hydroxylation is 1. The molecule has 21 heavy (non-hydrogen) atoms. The van der Waals surface area contributed by atoms with Crippen LogP contribution in [-0.4, -0.2) is 44.1 Å². The number of hydrogen-bond acceptors (Lipinski definition) is 2. The highest BCUT2D eigenvalue weighted by Gasteiger charge is 2.20. The average Bonchev–Trinajstić information content (AvgIpc) is 2.40. The fourth-order valence-corrected chi connectivity index (χ4v) is 1.57. The van der Waals surface area contributed by atoms with Crippen molar-refractivity contribution in [3.05, 3.63) is 35.4 Å². The zero-order valence-electron chi connectivity index (χ0n) is 14.0. The van der Waals surface area contributed by atoms with Gasteiger partial charge in [0.2, 0.25) is 0 Å². The highest BCUT2D eigenvalue weighted by molar-refractivity contribution is 14.0. The van der Waals surface area contributed by atoms with Crippen LogP contribution in [-0.2, 0) is 6.54 Å². The Morgan fingerprint density at radius 1 is 1.14 bits per heavy atom. The molecule has 4 nitrogen and oxygen atoms in total. The van der Waals surface area contributed by atoms with Crippen LogP contribution >= 0.6 is 24.0 Å². The van der Waals surface area contributed by atoms with Crippen molar-refractivity contribution >= 4 is 29.9 Å². The number of guanidine groups is 1. The molecule has 0 amide bonds. The molecule has 0 radical (unpaired) electrons. The maximum absolute atomic E-state index is 4.26. The number of nitrogens with one attached hydrogen (secondary N) is 2. The normalized spacial score (nSPS) is 12.0. The Balaban J connectivity index is 0.00000400. The van der Waals surface area contributed by atoms with Crippen molar-refractivity contribution in [3.8, 4) is 0 Å². The lowest BCUT2D eigenvalue weighted by atomic mass is 10.0. The number of aliphatic imine (C=N–C) groups is 1. The lowest BCUT2D eigenvalue weighted by Gasteiger charge is -2.33. The van der Waals surface area contributed by atoms with Gasteiger partial charge in [0.15, 0.2) is 5.96 Å². The first kappa shape index (κ1) is 20.2. The van der Waals surface area contributed by atoms with Crippen molar-refractivity contribution in [2.24, 2.45) is 4.99 Å². The second kappa shape index (κ2) is 9.25. The fraction of sp³-hybridized carbons (Fsp3) is 0.562. The predicted octanol–water partition coefficient (Wildman–Crippen LogP) is 2.62. The van der Waals surface area contributed by atoms with Crippen LogP contribution in [0.3, 0.4) is 0 Å². The summed E-state index contributed by atoms with van der Waals surface area (Å²) in [7, 11) is 5.97. The summed E-state index contributed by atoms with van der Waals surface area (Å²) < 4.78 is 0. The Bertz CT molecular complexity index is 438. The number of halogens is 1. The lowest BCUT2D eigenvalue weighted by molar-refractivity contribution is 0.197. The van der Waals surface area contributed by atoms with Crippen molar-refractivity contribution in [1.29, 1.82) is 0 Å². The molecule has 0 unspecified atom stereocenters. The van der Waals surface area contributed by atoms with Gasteiger partial charge in [-0.25, -0.2) is 0 Å². The average molecular weight is 404 g/mol. The molecular formula is C16H29IN4. The van der Waals surface area contributed by atoms with E-state index < -0.39 is 0 Å². The monoisotopic (exact) mass is 404 g/mol. The van der Waals surface area contributed by atoms with Gasteiger partial charge in [0.1, 0.15) is 0 Å². The Labute approximate surface area is 146 Å². The lowest BCUT2D eigenvalue weighted by Crippen LogP contribution is -2.50. The van der Waals surface area contributed by atoms with E-state index in [2.05, 4.69) is 79.7 Å². The third-order valence-corrected chi connectivity index (χ3v) is 3.70. The van der Waals surface area contributed by atoms with E-state index in [1.165, 1.54) is 11.1 Å². The van der Waals surface area contributed by atoms with Gasteiger partial charge in [0, 0.05) is 25.7 Å². The Morgan fingerprint density at radius 2 is 1.71 bits per heavy atom. The van der Waals surface area contributed by atoms with E-state index in [4.69, 9.17) is 0 Å². The number of hydrogen-bond donors (Lipinski definition) is 2. The molecule has 1 aromatic carbocycles. The molecule has 0 heterocycles. The van der Waals surface area contributed by atoms with Crippen molar-refractivity contribution < 1.29 is 0 Å². The maximum Gasteiger partial charge on any atom is 0.191 e. The second-order valence-corrected chi connectivity index (χ2v) is 5.97. The van der Waals surface area contributed by atoms with Crippen LogP contribution in [0.2, 0.25) is 0 Å². The summed E-state index contributed by atoms with van der Waals surface area (Å²) in [6, 6.07) is 8.53. The molecule has 0 atom stereocenters. The van der Waals surface area contributed by atoms with E-state index >= 15 is 0 Å². The van der Waals surface area contributed by atoms with Gasteiger partial charge in [-0.15, -0.1) is 24.0 Å². The molecule has 2 N–H and O–H groups in total. The molecule has 0 aliphatic heterocycles. The molecule has 120 valence electrons. The van der Waals surface area contributed by atoms with Gasteiger partial charge in [-0.2, -0.15) is 0 Å². The van der Waals surface area contributed by atoms with Crippen LogP contribution in [0, 0.1) is 6.92 Å². The van der Waals surface area contributed by atoms with Crippen LogP contribution in [0.4, 0.5) is 0 Å². The Hall–Kier alpha value is -0.820. The van der Waals surface area contributed by atoms with Crippen molar-refractivity contribution in [2.45, 2.75) is 32.9 Å². The zero-order valence-corrected chi connectivity index (χ0v) is 16.4. The molecule has 0 bridgehead atoms. The number of nitrogens with zero attached hydrogens (tertiary/aromatic N) is 2. The quantitative estimate of drug-likeness (QED) is 0.450. The molecule has 0 aliphatic rings. The minimum atomic E-state index is 0. The van der Waals surface area contributed by atoms with E-state index in [1.54, 1.807) is 7.05 Å². The minimum absolute atomic E-state index is 0. The first-order chi connectivity index (χ1) is 9.35. The summed E-state index contributed by atoms with van der Waals surface area (Å²) >= 11 is 0. The molecule has 0 aromatic heterocycles. The Morgan fingerprint density at radius 3 is 2.19 bits per heavy atom. The molecule has 1 rings (SSSR count). The molecule has 0 spiro atoms. The van der Waals surface area contributed by atoms with Gasteiger partial charge in [-0.05, 0) is 40.4 Å². The van der Waals surface area contributed by atoms with E-state index in [0.29, 0.717) is 0 Å². The van der Waals surface area contributed by atoms with Gasteiger partial charge in [-0.3, -0.25) is 4.99 Å². The third kappa shape index (κ3) is 7.13. The van der Waals surface area contributed by atoms with Crippen LogP contribution in [0.25, 0.3) is 0 Å². The first-order valence-electron chi connectivity index (χ1n) is 7.02. The van der Waals surface area contributed by atoms with E-state index in [1.807, 2.05) is 0 Å². The molecule has 1 aromatic rings. The first-order valence-corrected chi connectivity index (χ1v) is 7.02.